The van der Waals surface area contributed by atoms with Gasteiger partial charge in [0.25, 0.3) is 0 Å². The number of nitrogens with two attached hydrogens (primary N) is 1. The van der Waals surface area contributed by atoms with Gasteiger partial charge >= 0.3 is 0 Å². The van der Waals surface area contributed by atoms with Crippen molar-refractivity contribution in [1.29, 1.82) is 0 Å². The van der Waals surface area contributed by atoms with Gasteiger partial charge in [0.1, 0.15) is 0 Å². The fourth-order valence-corrected chi connectivity index (χ4v) is 1.70. The summed E-state index contributed by atoms with van der Waals surface area (Å²) in [6.07, 6.45) is 2.28. The van der Waals surface area contributed by atoms with Crippen LogP contribution in [0.3, 0.4) is 0 Å². The van der Waals surface area contributed by atoms with E-state index in [1.807, 2.05) is 0 Å². The standard InChI is InChI=1S/C10H18N2O/c1-7(8(2)11)10(13-3)9-5-4-6-12-9/h9-10,12H,1-2,4-6,11H2,3H3/t9-,10+/m0/s1. The first-order valence-corrected chi connectivity index (χ1v) is 4.56. The van der Waals surface area contributed by atoms with Crippen LogP contribution in [0.5, 0.6) is 0 Å². The molecule has 1 rings (SSSR count). The summed E-state index contributed by atoms with van der Waals surface area (Å²) in [5.41, 5.74) is 6.89. The second kappa shape index (κ2) is 4.44. The molecule has 1 saturated heterocycles. The van der Waals surface area contributed by atoms with Gasteiger partial charge in [0.2, 0.25) is 0 Å². The first-order valence-electron chi connectivity index (χ1n) is 4.56. The Morgan fingerprint density at radius 1 is 1.62 bits per heavy atom. The molecule has 0 spiro atoms. The van der Waals surface area contributed by atoms with Crippen molar-refractivity contribution in [3.05, 3.63) is 24.4 Å². The van der Waals surface area contributed by atoms with Crippen LogP contribution in [-0.2, 0) is 4.74 Å². The maximum Gasteiger partial charge on any atom is 0.0987 e. The van der Waals surface area contributed by atoms with Crippen LogP contribution in [0.15, 0.2) is 24.4 Å². The molecule has 13 heavy (non-hydrogen) atoms. The monoisotopic (exact) mass is 182 g/mol. The molecule has 1 heterocycles. The highest BCUT2D eigenvalue weighted by Gasteiger charge is 2.26. The number of nitrogens with one attached hydrogen (secondary N) is 1. The molecule has 0 bridgehead atoms. The van der Waals surface area contributed by atoms with E-state index in [9.17, 15) is 0 Å². The van der Waals surface area contributed by atoms with E-state index in [1.165, 1.54) is 6.42 Å². The number of rotatable bonds is 4. The van der Waals surface area contributed by atoms with Gasteiger partial charge in [-0.1, -0.05) is 13.2 Å². The Labute approximate surface area is 79.6 Å². The van der Waals surface area contributed by atoms with Gasteiger partial charge in [-0.05, 0) is 25.0 Å². The normalized spacial score (nSPS) is 24.2. The largest absolute Gasteiger partial charge is 0.399 e. The zero-order chi connectivity index (χ0) is 9.84. The molecule has 0 aromatic heterocycles. The molecular formula is C10H18N2O. The Morgan fingerprint density at radius 2 is 2.31 bits per heavy atom. The molecule has 0 radical (unpaired) electrons. The highest BCUT2D eigenvalue weighted by molar-refractivity contribution is 5.27. The van der Waals surface area contributed by atoms with Crippen LogP contribution in [0, 0.1) is 0 Å². The molecule has 3 N–H and O–H groups in total. The SMILES string of the molecule is C=C(N)C(=C)[C@@H](OC)[C@@H]1CCCN1. The van der Waals surface area contributed by atoms with Crippen LogP contribution >= 0.6 is 0 Å². The van der Waals surface area contributed by atoms with Crippen molar-refractivity contribution in [1.82, 2.24) is 5.32 Å². The van der Waals surface area contributed by atoms with Crippen molar-refractivity contribution in [3.63, 3.8) is 0 Å². The average Bonchev–Trinajstić information content (AvgIpc) is 2.58. The van der Waals surface area contributed by atoms with Crippen LogP contribution in [0.2, 0.25) is 0 Å². The number of hydrogen-bond donors (Lipinski definition) is 2. The van der Waals surface area contributed by atoms with Crippen molar-refractivity contribution in [2.24, 2.45) is 5.73 Å². The van der Waals surface area contributed by atoms with E-state index in [4.69, 9.17) is 10.5 Å². The quantitative estimate of drug-likeness (QED) is 0.632. The molecule has 0 aromatic carbocycles. The van der Waals surface area contributed by atoms with E-state index >= 15 is 0 Å². The first kappa shape index (κ1) is 10.3. The smallest absolute Gasteiger partial charge is 0.0987 e. The van der Waals surface area contributed by atoms with Gasteiger partial charge in [0, 0.05) is 18.8 Å². The lowest BCUT2D eigenvalue weighted by Gasteiger charge is -2.24. The number of ether oxygens (including phenoxy) is 1. The summed E-state index contributed by atoms with van der Waals surface area (Å²) in [7, 11) is 1.68. The minimum Gasteiger partial charge on any atom is -0.399 e. The van der Waals surface area contributed by atoms with E-state index in [-0.39, 0.29) is 6.10 Å². The van der Waals surface area contributed by atoms with Crippen LogP contribution < -0.4 is 11.1 Å². The van der Waals surface area contributed by atoms with Crippen molar-refractivity contribution in [2.75, 3.05) is 13.7 Å². The summed E-state index contributed by atoms with van der Waals surface area (Å²) in [6, 6.07) is 0.345. The maximum atomic E-state index is 5.58. The van der Waals surface area contributed by atoms with Gasteiger partial charge in [-0.15, -0.1) is 0 Å². The fourth-order valence-electron chi connectivity index (χ4n) is 1.70. The summed E-state index contributed by atoms with van der Waals surface area (Å²) in [6.45, 7) is 8.60. The molecule has 0 amide bonds. The van der Waals surface area contributed by atoms with Crippen molar-refractivity contribution >= 4 is 0 Å². The molecule has 0 aliphatic carbocycles. The summed E-state index contributed by atoms with van der Waals surface area (Å²) in [4.78, 5) is 0. The third-order valence-corrected chi connectivity index (χ3v) is 2.47. The van der Waals surface area contributed by atoms with Gasteiger partial charge in [-0.25, -0.2) is 0 Å². The third-order valence-electron chi connectivity index (χ3n) is 2.47. The molecule has 0 aromatic rings. The second-order valence-corrected chi connectivity index (χ2v) is 3.41. The number of hydrogen-bond acceptors (Lipinski definition) is 3. The molecule has 0 saturated carbocycles. The van der Waals surface area contributed by atoms with Gasteiger partial charge in [-0.3, -0.25) is 0 Å². The van der Waals surface area contributed by atoms with E-state index in [0.29, 0.717) is 11.7 Å². The Morgan fingerprint density at radius 3 is 2.69 bits per heavy atom. The Balaban J connectivity index is 2.60. The zero-order valence-corrected chi connectivity index (χ0v) is 8.18. The van der Waals surface area contributed by atoms with E-state index in [2.05, 4.69) is 18.5 Å². The van der Waals surface area contributed by atoms with Crippen molar-refractivity contribution in [2.45, 2.75) is 25.0 Å². The first-order chi connectivity index (χ1) is 6.16. The minimum absolute atomic E-state index is 0.0278. The highest BCUT2D eigenvalue weighted by atomic mass is 16.5. The van der Waals surface area contributed by atoms with Gasteiger partial charge < -0.3 is 15.8 Å². The topological polar surface area (TPSA) is 47.3 Å². The predicted octanol–water partition coefficient (Wildman–Crippen LogP) is 0.782. The van der Waals surface area contributed by atoms with Gasteiger partial charge in [0.05, 0.1) is 6.10 Å². The molecule has 74 valence electrons. The van der Waals surface area contributed by atoms with Crippen LogP contribution in [-0.4, -0.2) is 25.8 Å². The Hall–Kier alpha value is -0.800. The van der Waals surface area contributed by atoms with E-state index < -0.39 is 0 Å². The maximum absolute atomic E-state index is 5.58. The van der Waals surface area contributed by atoms with E-state index in [0.717, 1.165) is 18.5 Å². The molecule has 1 aliphatic heterocycles. The van der Waals surface area contributed by atoms with Crippen LogP contribution in [0.25, 0.3) is 0 Å². The van der Waals surface area contributed by atoms with Crippen LogP contribution in [0.1, 0.15) is 12.8 Å². The third kappa shape index (κ3) is 2.32. The summed E-state index contributed by atoms with van der Waals surface area (Å²) < 4.78 is 5.35. The molecule has 1 fully saturated rings. The minimum atomic E-state index is -0.0278. The predicted molar refractivity (Wildman–Crippen MR) is 54.3 cm³/mol. The number of methoxy groups -OCH3 is 1. The molecule has 3 heteroatoms. The van der Waals surface area contributed by atoms with Gasteiger partial charge in [-0.2, -0.15) is 0 Å². The van der Waals surface area contributed by atoms with Gasteiger partial charge in [0.15, 0.2) is 0 Å². The summed E-state index contributed by atoms with van der Waals surface area (Å²) >= 11 is 0. The molecule has 1 aliphatic rings. The van der Waals surface area contributed by atoms with Crippen LogP contribution in [0.4, 0.5) is 0 Å². The van der Waals surface area contributed by atoms with Crippen molar-refractivity contribution < 1.29 is 4.74 Å². The molecule has 3 nitrogen and oxygen atoms in total. The Kier molecular flexibility index (Phi) is 3.51. The molecular weight excluding hydrogens is 164 g/mol. The summed E-state index contributed by atoms with van der Waals surface area (Å²) in [5.74, 6) is 0. The Bertz CT molecular complexity index is 207. The second-order valence-electron chi connectivity index (χ2n) is 3.41. The fraction of sp³-hybridized carbons (Fsp3) is 0.600. The molecule has 0 unspecified atom stereocenters. The molecule has 2 atom stereocenters. The lowest BCUT2D eigenvalue weighted by atomic mass is 10.0. The van der Waals surface area contributed by atoms with E-state index in [1.54, 1.807) is 7.11 Å². The highest BCUT2D eigenvalue weighted by Crippen LogP contribution is 2.19. The average molecular weight is 182 g/mol. The lowest BCUT2D eigenvalue weighted by Crippen LogP contribution is -2.38. The lowest BCUT2D eigenvalue weighted by molar-refractivity contribution is 0.104. The van der Waals surface area contributed by atoms with Crippen molar-refractivity contribution in [3.8, 4) is 0 Å². The zero-order valence-electron chi connectivity index (χ0n) is 8.18. The summed E-state index contributed by atoms with van der Waals surface area (Å²) in [5, 5.41) is 3.36.